The van der Waals surface area contributed by atoms with Crippen molar-refractivity contribution < 1.29 is 69.2 Å². The average molecular weight is 468 g/mol. The van der Waals surface area contributed by atoms with E-state index < -0.39 is 36.4 Å². The van der Waals surface area contributed by atoms with E-state index in [4.69, 9.17) is 29.7 Å². The Balaban J connectivity index is 0. The number of alkyl halides is 9. The van der Waals surface area contributed by atoms with Gasteiger partial charge in [-0.2, -0.15) is 39.5 Å². The molecule has 0 aromatic carbocycles. The fourth-order valence-electron chi connectivity index (χ4n) is 1.42. The summed E-state index contributed by atoms with van der Waals surface area (Å²) < 4.78 is 95.2. The minimum Gasteiger partial charge on any atom is -0.475 e. The second-order valence-electron chi connectivity index (χ2n) is 5.55. The van der Waals surface area contributed by atoms with Gasteiger partial charge in [-0.15, -0.1) is 0 Å². The Morgan fingerprint density at radius 3 is 1.07 bits per heavy atom. The van der Waals surface area contributed by atoms with Crippen molar-refractivity contribution in [2.75, 3.05) is 13.1 Å². The molecule has 178 valence electrons. The third-order valence-electron chi connectivity index (χ3n) is 2.90. The monoisotopic (exact) mass is 468 g/mol. The van der Waals surface area contributed by atoms with Crippen molar-refractivity contribution in [1.82, 2.24) is 10.6 Å². The molecular weight excluding hydrogens is 451 g/mol. The lowest BCUT2D eigenvalue weighted by Crippen LogP contribution is -2.31. The van der Waals surface area contributed by atoms with Crippen LogP contribution in [0.15, 0.2) is 0 Å². The predicted octanol–water partition coefficient (Wildman–Crippen LogP) is 2.21. The van der Waals surface area contributed by atoms with E-state index in [-0.39, 0.29) is 0 Å². The van der Waals surface area contributed by atoms with Gasteiger partial charge in [-0.25, -0.2) is 14.4 Å². The molecule has 1 heterocycles. The number of nitrogens with one attached hydrogen (secondary N) is 2. The maximum Gasteiger partial charge on any atom is 0.490 e. The number of hydrogen-bond acceptors (Lipinski definition) is 5. The van der Waals surface area contributed by atoms with Crippen molar-refractivity contribution in [3.63, 3.8) is 0 Å². The van der Waals surface area contributed by atoms with Gasteiger partial charge in [-0.1, -0.05) is 12.8 Å². The van der Waals surface area contributed by atoms with Crippen LogP contribution >= 0.6 is 0 Å². The van der Waals surface area contributed by atoms with E-state index >= 15 is 0 Å². The average Bonchev–Trinajstić information content (AvgIpc) is 3.19. The number of hydrogen-bond donors (Lipinski definition) is 5. The van der Waals surface area contributed by atoms with E-state index in [2.05, 4.69) is 10.6 Å². The maximum absolute atomic E-state index is 10.6. The number of rotatable bonds is 2. The molecule has 17 heteroatoms. The third-order valence-corrected chi connectivity index (χ3v) is 2.90. The summed E-state index contributed by atoms with van der Waals surface area (Å²) in [5, 5.41) is 28.2. The summed E-state index contributed by atoms with van der Waals surface area (Å²) in [5.41, 5.74) is 0. The SMILES string of the molecule is C1CNC(CC2CC2)N1.O=C(O)C(F)(F)F.O=C(O)C(F)(F)F.O=C(O)C(F)(F)F. The molecule has 0 aromatic heterocycles. The summed E-state index contributed by atoms with van der Waals surface area (Å²) in [6, 6.07) is 0. The lowest BCUT2D eigenvalue weighted by Gasteiger charge is -2.07. The quantitative estimate of drug-likeness (QED) is 0.390. The Hall–Kier alpha value is -2.30. The van der Waals surface area contributed by atoms with Crippen molar-refractivity contribution in [2.24, 2.45) is 5.92 Å². The van der Waals surface area contributed by atoms with Gasteiger partial charge in [0.05, 0.1) is 6.17 Å². The van der Waals surface area contributed by atoms with Crippen LogP contribution in [-0.4, -0.2) is 71.0 Å². The molecule has 2 aliphatic rings. The van der Waals surface area contributed by atoms with E-state index in [1.807, 2.05) is 0 Å². The normalized spacial score (nSPS) is 16.7. The van der Waals surface area contributed by atoms with Gasteiger partial charge in [0.2, 0.25) is 0 Å². The highest BCUT2D eigenvalue weighted by Crippen LogP contribution is 2.33. The topological polar surface area (TPSA) is 136 Å². The van der Waals surface area contributed by atoms with Crippen molar-refractivity contribution in [1.29, 1.82) is 0 Å². The molecule has 2 rings (SSSR count). The van der Waals surface area contributed by atoms with Gasteiger partial charge in [-0.05, 0) is 12.3 Å². The molecule has 30 heavy (non-hydrogen) atoms. The standard InChI is InChI=1S/C7H14N2.3C2HF3O2/c1-2-6(1)5-7-8-3-4-9-7;3*3-2(4,5)1(6)7/h6-9H,1-5H2;3*(H,6,7). The van der Waals surface area contributed by atoms with Gasteiger partial charge in [0.25, 0.3) is 0 Å². The fraction of sp³-hybridized carbons (Fsp3) is 0.769. The van der Waals surface area contributed by atoms with E-state index in [1.54, 1.807) is 0 Å². The van der Waals surface area contributed by atoms with Crippen LogP contribution in [0.2, 0.25) is 0 Å². The molecule has 0 amide bonds. The largest absolute Gasteiger partial charge is 0.490 e. The summed E-state index contributed by atoms with van der Waals surface area (Å²) in [6.45, 7) is 2.33. The number of carbonyl (C=O) groups is 3. The fourth-order valence-corrected chi connectivity index (χ4v) is 1.42. The van der Waals surface area contributed by atoms with Crippen LogP contribution in [-0.2, 0) is 14.4 Å². The van der Waals surface area contributed by atoms with E-state index in [0.717, 1.165) is 19.0 Å². The first-order valence-corrected chi connectivity index (χ1v) is 7.65. The van der Waals surface area contributed by atoms with Crippen LogP contribution in [0, 0.1) is 5.92 Å². The molecule has 1 saturated heterocycles. The van der Waals surface area contributed by atoms with Crippen LogP contribution in [0.1, 0.15) is 19.3 Å². The number of carboxylic acids is 3. The predicted molar refractivity (Wildman–Crippen MR) is 78.2 cm³/mol. The van der Waals surface area contributed by atoms with E-state index in [1.165, 1.54) is 19.3 Å². The summed E-state index contributed by atoms with van der Waals surface area (Å²) in [4.78, 5) is 26.7. The van der Waals surface area contributed by atoms with Crippen LogP contribution in [0.4, 0.5) is 39.5 Å². The Labute approximate surface area is 162 Å². The lowest BCUT2D eigenvalue weighted by molar-refractivity contribution is -0.193. The third kappa shape index (κ3) is 17.8. The van der Waals surface area contributed by atoms with Crippen LogP contribution in [0.5, 0.6) is 0 Å². The highest BCUT2D eigenvalue weighted by atomic mass is 19.4. The van der Waals surface area contributed by atoms with Crippen molar-refractivity contribution in [3.8, 4) is 0 Å². The van der Waals surface area contributed by atoms with Gasteiger partial charge < -0.3 is 26.0 Å². The molecule has 0 unspecified atom stereocenters. The van der Waals surface area contributed by atoms with Gasteiger partial charge in [0.15, 0.2) is 0 Å². The van der Waals surface area contributed by atoms with Crippen LogP contribution in [0.3, 0.4) is 0 Å². The highest BCUT2D eigenvalue weighted by Gasteiger charge is 2.39. The number of carboxylic acid groups (broad SMARTS) is 3. The minimum absolute atomic E-state index is 0.650. The van der Waals surface area contributed by atoms with Crippen molar-refractivity contribution >= 4 is 17.9 Å². The minimum atomic E-state index is -5.08. The molecule has 2 fully saturated rings. The van der Waals surface area contributed by atoms with Crippen molar-refractivity contribution in [3.05, 3.63) is 0 Å². The second-order valence-corrected chi connectivity index (χ2v) is 5.55. The van der Waals surface area contributed by atoms with Crippen LogP contribution in [0.25, 0.3) is 0 Å². The van der Waals surface area contributed by atoms with Crippen molar-refractivity contribution in [2.45, 2.75) is 44.0 Å². The van der Waals surface area contributed by atoms with Crippen LogP contribution < -0.4 is 10.6 Å². The zero-order valence-electron chi connectivity index (χ0n) is 14.7. The Morgan fingerprint density at radius 1 is 0.667 bits per heavy atom. The maximum atomic E-state index is 10.6. The van der Waals surface area contributed by atoms with Gasteiger partial charge in [0.1, 0.15) is 0 Å². The number of aliphatic carboxylic acids is 3. The molecule has 0 spiro atoms. The summed E-state index contributed by atoms with van der Waals surface area (Å²) in [5.74, 6) is -7.22. The first-order valence-electron chi connectivity index (χ1n) is 7.65. The van der Waals surface area contributed by atoms with E-state index in [0.29, 0.717) is 6.17 Å². The Morgan fingerprint density at radius 2 is 0.900 bits per heavy atom. The summed E-state index contributed by atoms with van der Waals surface area (Å²) >= 11 is 0. The second kappa shape index (κ2) is 12.4. The molecule has 5 N–H and O–H groups in total. The number of halogens is 9. The lowest BCUT2D eigenvalue weighted by atomic mass is 10.2. The molecule has 0 radical (unpaired) electrons. The van der Waals surface area contributed by atoms with Gasteiger partial charge in [0, 0.05) is 13.1 Å². The Kier molecular flexibility index (Phi) is 12.4. The Bertz CT molecular complexity index is 496. The van der Waals surface area contributed by atoms with Gasteiger partial charge >= 0.3 is 36.4 Å². The molecule has 0 aromatic rings. The molecule has 0 atom stereocenters. The first kappa shape index (κ1) is 29.9. The zero-order valence-corrected chi connectivity index (χ0v) is 14.7. The highest BCUT2D eigenvalue weighted by molar-refractivity contribution is 5.73. The molecule has 1 aliphatic heterocycles. The summed E-state index contributed by atoms with van der Waals surface area (Å²) in [7, 11) is 0. The first-order chi connectivity index (χ1) is 13.3. The van der Waals surface area contributed by atoms with Gasteiger partial charge in [-0.3, -0.25) is 0 Å². The van der Waals surface area contributed by atoms with E-state index in [9.17, 15) is 39.5 Å². The molecule has 1 saturated carbocycles. The zero-order chi connectivity index (χ0) is 24.3. The molecular formula is C13H17F9N2O6. The smallest absolute Gasteiger partial charge is 0.475 e. The molecule has 0 bridgehead atoms. The summed E-state index contributed by atoms with van der Waals surface area (Å²) in [6.07, 6.45) is -10.3. The molecule has 8 nitrogen and oxygen atoms in total. The molecule has 1 aliphatic carbocycles.